The van der Waals surface area contributed by atoms with Gasteiger partial charge in [0.05, 0.1) is 19.3 Å². The molecule has 2 atom stereocenters. The highest BCUT2D eigenvalue weighted by Gasteiger charge is 2.37. The fraction of sp³-hybridized carbons (Fsp3) is 0.600. The second-order valence-electron chi connectivity index (χ2n) is 5.05. The van der Waals surface area contributed by atoms with Crippen LogP contribution in [0.1, 0.15) is 25.3 Å². The third kappa shape index (κ3) is 3.69. The number of para-hydroxylation sites is 1. The summed E-state index contributed by atoms with van der Waals surface area (Å²) in [6.45, 7) is 2.76. The molecule has 1 aromatic rings. The Kier molecular flexibility index (Phi) is 5.19. The predicted octanol–water partition coefficient (Wildman–Crippen LogP) is 1.88. The molecule has 3 N–H and O–H groups in total. The van der Waals surface area contributed by atoms with Gasteiger partial charge in [-0.15, -0.1) is 0 Å². The molecule has 1 fully saturated rings. The molecule has 0 aliphatic heterocycles. The second kappa shape index (κ2) is 6.89. The van der Waals surface area contributed by atoms with E-state index in [0.717, 1.165) is 18.8 Å². The van der Waals surface area contributed by atoms with E-state index in [4.69, 9.17) is 15.3 Å². The van der Waals surface area contributed by atoms with Gasteiger partial charge in [-0.3, -0.25) is 11.3 Å². The van der Waals surface area contributed by atoms with E-state index in [9.17, 15) is 0 Å². The van der Waals surface area contributed by atoms with Gasteiger partial charge in [-0.05, 0) is 43.7 Å². The predicted molar refractivity (Wildman–Crippen MR) is 75.9 cm³/mol. The third-order valence-electron chi connectivity index (χ3n) is 3.69. The Hall–Kier alpha value is -1.10. The number of methoxy groups -OCH3 is 1. The summed E-state index contributed by atoms with van der Waals surface area (Å²) in [7, 11) is 1.70. The molecule has 0 heterocycles. The Labute approximate surface area is 115 Å². The Bertz CT molecular complexity index is 393. The summed E-state index contributed by atoms with van der Waals surface area (Å²) in [5.41, 5.74) is 4.09. The van der Waals surface area contributed by atoms with Crippen molar-refractivity contribution in [2.24, 2.45) is 11.8 Å². The van der Waals surface area contributed by atoms with Crippen molar-refractivity contribution in [2.45, 2.75) is 38.3 Å². The Morgan fingerprint density at radius 2 is 2.11 bits per heavy atom. The van der Waals surface area contributed by atoms with Gasteiger partial charge in [0.1, 0.15) is 5.75 Å². The maximum absolute atomic E-state index is 5.88. The van der Waals surface area contributed by atoms with Gasteiger partial charge in [-0.2, -0.15) is 0 Å². The van der Waals surface area contributed by atoms with Gasteiger partial charge in [-0.25, -0.2) is 0 Å². The lowest BCUT2D eigenvalue weighted by molar-refractivity contribution is 0.0191. The molecule has 1 aromatic carbocycles. The monoisotopic (exact) mass is 264 g/mol. The highest BCUT2D eigenvalue weighted by Crippen LogP contribution is 2.36. The fourth-order valence-electron chi connectivity index (χ4n) is 2.58. The minimum Gasteiger partial charge on any atom is -0.496 e. The van der Waals surface area contributed by atoms with Crippen LogP contribution in [0, 0.1) is 5.92 Å². The average Bonchev–Trinajstić information content (AvgIpc) is 3.27. The summed E-state index contributed by atoms with van der Waals surface area (Å²) in [4.78, 5) is 0. The summed E-state index contributed by atoms with van der Waals surface area (Å²) in [6.07, 6.45) is 3.51. The van der Waals surface area contributed by atoms with Crippen LogP contribution < -0.4 is 16.0 Å². The van der Waals surface area contributed by atoms with Crippen LogP contribution in [0.2, 0.25) is 0 Å². The van der Waals surface area contributed by atoms with Crippen LogP contribution >= 0.6 is 0 Å². The largest absolute Gasteiger partial charge is 0.496 e. The van der Waals surface area contributed by atoms with Gasteiger partial charge in [-0.1, -0.05) is 18.2 Å². The van der Waals surface area contributed by atoms with E-state index < -0.39 is 0 Å². The zero-order valence-corrected chi connectivity index (χ0v) is 11.8. The molecule has 1 aliphatic carbocycles. The van der Waals surface area contributed by atoms with Crippen LogP contribution in [0.3, 0.4) is 0 Å². The molecular formula is C15H24N2O2. The van der Waals surface area contributed by atoms with Crippen molar-refractivity contribution in [3.63, 3.8) is 0 Å². The van der Waals surface area contributed by atoms with Gasteiger partial charge in [0, 0.05) is 6.61 Å². The number of benzene rings is 1. The Morgan fingerprint density at radius 1 is 1.37 bits per heavy atom. The smallest absolute Gasteiger partial charge is 0.122 e. The van der Waals surface area contributed by atoms with E-state index in [2.05, 4.69) is 11.5 Å². The Morgan fingerprint density at radius 3 is 2.68 bits per heavy atom. The van der Waals surface area contributed by atoms with E-state index in [1.807, 2.05) is 25.1 Å². The summed E-state index contributed by atoms with van der Waals surface area (Å²) < 4.78 is 11.3. The molecule has 2 rings (SSSR count). The number of hydrogen-bond acceptors (Lipinski definition) is 4. The van der Waals surface area contributed by atoms with E-state index in [-0.39, 0.29) is 12.1 Å². The molecule has 0 spiro atoms. The first kappa shape index (κ1) is 14.3. The summed E-state index contributed by atoms with van der Waals surface area (Å²) >= 11 is 0. The first-order valence-corrected chi connectivity index (χ1v) is 6.99. The van der Waals surface area contributed by atoms with Gasteiger partial charge >= 0.3 is 0 Å². The normalized spacial score (nSPS) is 18.1. The molecule has 19 heavy (non-hydrogen) atoms. The van der Waals surface area contributed by atoms with Crippen molar-refractivity contribution < 1.29 is 9.47 Å². The van der Waals surface area contributed by atoms with Crippen molar-refractivity contribution >= 4 is 0 Å². The van der Waals surface area contributed by atoms with Crippen LogP contribution in [0.15, 0.2) is 24.3 Å². The van der Waals surface area contributed by atoms with Gasteiger partial charge in [0.2, 0.25) is 0 Å². The standard InChI is InChI=1S/C15H24N2O2/c1-3-19-15(11-8-9-11)13(17-16)10-12-6-4-5-7-14(12)18-2/h4-7,11,13,15,17H,3,8-10,16H2,1-2H3. The zero-order chi connectivity index (χ0) is 13.7. The van der Waals surface area contributed by atoms with E-state index in [1.165, 1.54) is 18.4 Å². The molecule has 4 nitrogen and oxygen atoms in total. The molecule has 4 heteroatoms. The topological polar surface area (TPSA) is 56.5 Å². The molecule has 1 aliphatic rings. The molecule has 0 bridgehead atoms. The van der Waals surface area contributed by atoms with Crippen molar-refractivity contribution in [1.29, 1.82) is 0 Å². The van der Waals surface area contributed by atoms with Crippen LogP contribution in [0.4, 0.5) is 0 Å². The van der Waals surface area contributed by atoms with E-state index >= 15 is 0 Å². The highest BCUT2D eigenvalue weighted by atomic mass is 16.5. The summed E-state index contributed by atoms with van der Waals surface area (Å²) in [6, 6.07) is 8.20. The first-order chi connectivity index (χ1) is 9.30. The van der Waals surface area contributed by atoms with Gasteiger partial charge in [0.15, 0.2) is 0 Å². The Balaban J connectivity index is 2.08. The number of rotatable bonds is 8. The van der Waals surface area contributed by atoms with Crippen LogP contribution in [-0.2, 0) is 11.2 Å². The van der Waals surface area contributed by atoms with Crippen molar-refractivity contribution in [3.8, 4) is 5.75 Å². The molecule has 2 unspecified atom stereocenters. The number of ether oxygens (including phenoxy) is 2. The molecule has 106 valence electrons. The number of nitrogens with two attached hydrogens (primary N) is 1. The van der Waals surface area contributed by atoms with E-state index in [1.54, 1.807) is 7.11 Å². The minimum atomic E-state index is 0.128. The summed E-state index contributed by atoms with van der Waals surface area (Å²) in [5, 5.41) is 0. The highest BCUT2D eigenvalue weighted by molar-refractivity contribution is 5.34. The lowest BCUT2D eigenvalue weighted by Gasteiger charge is -2.27. The van der Waals surface area contributed by atoms with Crippen molar-refractivity contribution in [2.75, 3.05) is 13.7 Å². The third-order valence-corrected chi connectivity index (χ3v) is 3.69. The molecule has 0 saturated heterocycles. The maximum Gasteiger partial charge on any atom is 0.122 e. The van der Waals surface area contributed by atoms with Crippen LogP contribution in [0.5, 0.6) is 5.75 Å². The van der Waals surface area contributed by atoms with E-state index in [0.29, 0.717) is 5.92 Å². The quantitative estimate of drug-likeness (QED) is 0.556. The number of nitrogens with one attached hydrogen (secondary N) is 1. The average molecular weight is 264 g/mol. The zero-order valence-electron chi connectivity index (χ0n) is 11.8. The van der Waals surface area contributed by atoms with Crippen molar-refractivity contribution in [1.82, 2.24) is 5.43 Å². The SMILES string of the molecule is CCOC(C1CC1)C(Cc1ccccc1OC)NN. The second-order valence-corrected chi connectivity index (χ2v) is 5.05. The molecule has 0 amide bonds. The van der Waals surface area contributed by atoms with Gasteiger partial charge < -0.3 is 9.47 Å². The van der Waals surface area contributed by atoms with Crippen LogP contribution in [0.25, 0.3) is 0 Å². The molecular weight excluding hydrogens is 240 g/mol. The minimum absolute atomic E-state index is 0.128. The number of hydrazine groups is 1. The lowest BCUT2D eigenvalue weighted by Crippen LogP contribution is -2.47. The molecule has 0 radical (unpaired) electrons. The molecule has 0 aromatic heterocycles. The van der Waals surface area contributed by atoms with Crippen molar-refractivity contribution in [3.05, 3.63) is 29.8 Å². The maximum atomic E-state index is 5.88. The fourth-order valence-corrected chi connectivity index (χ4v) is 2.58. The lowest BCUT2D eigenvalue weighted by atomic mass is 9.98. The number of hydrogen-bond donors (Lipinski definition) is 2. The molecule has 1 saturated carbocycles. The summed E-state index contributed by atoms with van der Waals surface area (Å²) in [5.74, 6) is 7.30. The van der Waals surface area contributed by atoms with Crippen LogP contribution in [-0.4, -0.2) is 25.9 Å². The van der Waals surface area contributed by atoms with Gasteiger partial charge in [0.25, 0.3) is 0 Å². The first-order valence-electron chi connectivity index (χ1n) is 6.99.